The van der Waals surface area contributed by atoms with E-state index in [4.69, 9.17) is 5.11 Å². The molecule has 0 saturated carbocycles. The molecule has 2 aromatic rings. The van der Waals surface area contributed by atoms with Gasteiger partial charge in [-0.15, -0.1) is 0 Å². The predicted molar refractivity (Wildman–Crippen MR) is 92.6 cm³/mol. The fourth-order valence-electron chi connectivity index (χ4n) is 2.08. The minimum Gasteiger partial charge on any atom is -0.395 e. The summed E-state index contributed by atoms with van der Waals surface area (Å²) < 4.78 is 14.5. The summed E-state index contributed by atoms with van der Waals surface area (Å²) in [6, 6.07) is 10.5. The number of nitrogens with one attached hydrogen (secondary N) is 2. The molecule has 1 amide bonds. The summed E-state index contributed by atoms with van der Waals surface area (Å²) in [7, 11) is 0. The average Bonchev–Trinajstić information content (AvgIpc) is 2.56. The van der Waals surface area contributed by atoms with Crippen LogP contribution in [0.1, 0.15) is 15.9 Å². The highest BCUT2D eigenvalue weighted by molar-refractivity contribution is 9.10. The Hall–Kier alpha value is -2.09. The van der Waals surface area contributed by atoms with Crippen molar-refractivity contribution < 1.29 is 19.1 Å². The Bertz CT molecular complexity index is 752. The lowest BCUT2D eigenvalue weighted by Gasteiger charge is -2.12. The number of carbonyl (C=O) groups is 2. The molecule has 0 bridgehead atoms. The van der Waals surface area contributed by atoms with Gasteiger partial charge in [0, 0.05) is 16.6 Å². The topological polar surface area (TPSA) is 78.4 Å². The van der Waals surface area contributed by atoms with Crippen LogP contribution in [-0.4, -0.2) is 36.5 Å². The quantitative estimate of drug-likeness (QED) is 0.497. The Kier molecular flexibility index (Phi) is 6.60. The minimum atomic E-state index is -0.621. The van der Waals surface area contributed by atoms with Gasteiger partial charge in [0.1, 0.15) is 5.82 Å². The number of ketones is 1. The van der Waals surface area contributed by atoms with Crippen LogP contribution in [0.4, 0.5) is 10.1 Å². The Morgan fingerprint density at radius 1 is 1.12 bits per heavy atom. The summed E-state index contributed by atoms with van der Waals surface area (Å²) in [5, 5.41) is 14.0. The second-order valence-electron chi connectivity index (χ2n) is 4.95. The van der Waals surface area contributed by atoms with Gasteiger partial charge in [0.25, 0.3) is 0 Å². The first-order chi connectivity index (χ1) is 11.5. The third-order valence-corrected chi connectivity index (χ3v) is 3.69. The van der Waals surface area contributed by atoms with E-state index >= 15 is 0 Å². The summed E-state index contributed by atoms with van der Waals surface area (Å²) in [4.78, 5) is 24.5. The summed E-state index contributed by atoms with van der Waals surface area (Å²) in [6.45, 7) is 0.196. The van der Waals surface area contributed by atoms with Crippen molar-refractivity contribution in [1.29, 1.82) is 0 Å². The van der Waals surface area contributed by atoms with Crippen molar-refractivity contribution in [2.45, 2.75) is 0 Å². The standard InChI is InChI=1S/C17H16BrFN2O3/c18-11-5-6-15(21-16(23)10-20-7-8-22)13(9-11)17(24)12-3-1-2-4-14(12)19/h1-6,9,20,22H,7-8,10H2,(H,21,23). The van der Waals surface area contributed by atoms with Crippen LogP contribution >= 0.6 is 15.9 Å². The number of aliphatic hydroxyl groups excluding tert-OH is 1. The van der Waals surface area contributed by atoms with E-state index in [2.05, 4.69) is 26.6 Å². The molecule has 24 heavy (non-hydrogen) atoms. The van der Waals surface area contributed by atoms with Crippen LogP contribution in [0.25, 0.3) is 0 Å². The molecule has 0 aliphatic heterocycles. The highest BCUT2D eigenvalue weighted by atomic mass is 79.9. The second-order valence-corrected chi connectivity index (χ2v) is 5.86. The van der Waals surface area contributed by atoms with Crippen LogP contribution in [0.5, 0.6) is 0 Å². The fourth-order valence-corrected chi connectivity index (χ4v) is 2.44. The molecule has 0 atom stereocenters. The van der Waals surface area contributed by atoms with Crippen molar-refractivity contribution in [1.82, 2.24) is 5.32 Å². The zero-order valence-electron chi connectivity index (χ0n) is 12.7. The van der Waals surface area contributed by atoms with E-state index < -0.39 is 11.6 Å². The van der Waals surface area contributed by atoms with Crippen molar-refractivity contribution >= 4 is 33.3 Å². The van der Waals surface area contributed by atoms with Crippen LogP contribution in [0.3, 0.4) is 0 Å². The third kappa shape index (κ3) is 4.70. The van der Waals surface area contributed by atoms with Crippen LogP contribution in [0.15, 0.2) is 46.9 Å². The number of benzene rings is 2. The van der Waals surface area contributed by atoms with E-state index in [1.165, 1.54) is 24.3 Å². The lowest BCUT2D eigenvalue weighted by molar-refractivity contribution is -0.115. The molecule has 3 N–H and O–H groups in total. The van der Waals surface area contributed by atoms with Crippen LogP contribution in [-0.2, 0) is 4.79 Å². The summed E-state index contributed by atoms with van der Waals surface area (Å²) in [5.41, 5.74) is 0.414. The van der Waals surface area contributed by atoms with E-state index in [-0.39, 0.29) is 36.7 Å². The molecule has 7 heteroatoms. The molecule has 0 saturated heterocycles. The van der Waals surface area contributed by atoms with Crippen molar-refractivity contribution in [3.8, 4) is 0 Å². The lowest BCUT2D eigenvalue weighted by atomic mass is 10.0. The van der Waals surface area contributed by atoms with Gasteiger partial charge in [0.2, 0.25) is 5.91 Å². The van der Waals surface area contributed by atoms with Crippen molar-refractivity contribution in [3.63, 3.8) is 0 Å². The average molecular weight is 395 g/mol. The zero-order valence-corrected chi connectivity index (χ0v) is 14.3. The molecule has 0 fully saturated rings. The zero-order chi connectivity index (χ0) is 17.5. The maximum absolute atomic E-state index is 13.9. The number of hydrogen-bond donors (Lipinski definition) is 3. The van der Waals surface area contributed by atoms with Crippen molar-refractivity contribution in [3.05, 3.63) is 63.9 Å². The Morgan fingerprint density at radius 3 is 2.58 bits per heavy atom. The molecular formula is C17H16BrFN2O3. The largest absolute Gasteiger partial charge is 0.395 e. The van der Waals surface area contributed by atoms with Crippen molar-refractivity contribution in [2.24, 2.45) is 0 Å². The molecule has 2 rings (SSSR count). The van der Waals surface area contributed by atoms with E-state index in [0.717, 1.165) is 0 Å². The maximum atomic E-state index is 13.9. The van der Waals surface area contributed by atoms with E-state index in [1.54, 1.807) is 18.2 Å². The summed E-state index contributed by atoms with van der Waals surface area (Å²) in [5.74, 6) is -1.51. The molecule has 0 unspecified atom stereocenters. The first kappa shape index (κ1) is 18.3. The third-order valence-electron chi connectivity index (χ3n) is 3.19. The lowest BCUT2D eigenvalue weighted by Crippen LogP contribution is -2.30. The van der Waals surface area contributed by atoms with E-state index in [1.807, 2.05) is 0 Å². The number of amides is 1. The SMILES string of the molecule is O=C(CNCCO)Nc1ccc(Br)cc1C(=O)c1ccccc1F. The molecule has 0 radical (unpaired) electrons. The number of carbonyl (C=O) groups excluding carboxylic acids is 2. The number of hydrogen-bond acceptors (Lipinski definition) is 4. The monoisotopic (exact) mass is 394 g/mol. The highest BCUT2D eigenvalue weighted by Crippen LogP contribution is 2.24. The smallest absolute Gasteiger partial charge is 0.238 e. The number of anilines is 1. The Morgan fingerprint density at radius 2 is 1.88 bits per heavy atom. The molecule has 0 aromatic heterocycles. The van der Waals surface area contributed by atoms with E-state index in [9.17, 15) is 14.0 Å². The first-order valence-electron chi connectivity index (χ1n) is 7.23. The molecule has 2 aromatic carbocycles. The van der Waals surface area contributed by atoms with Crippen LogP contribution < -0.4 is 10.6 Å². The van der Waals surface area contributed by atoms with Gasteiger partial charge >= 0.3 is 0 Å². The molecule has 0 aliphatic rings. The summed E-state index contributed by atoms with van der Waals surface area (Å²) >= 11 is 3.27. The minimum absolute atomic E-state index is 0.00997. The normalized spacial score (nSPS) is 10.5. The fraction of sp³-hybridized carbons (Fsp3) is 0.176. The van der Waals surface area contributed by atoms with Gasteiger partial charge in [-0.05, 0) is 30.3 Å². The predicted octanol–water partition coefficient (Wildman–Crippen LogP) is 2.34. The Labute approximate surface area is 147 Å². The van der Waals surface area contributed by atoms with Crippen molar-refractivity contribution in [2.75, 3.05) is 25.0 Å². The molecule has 126 valence electrons. The van der Waals surface area contributed by atoms with Gasteiger partial charge in [-0.1, -0.05) is 28.1 Å². The molecular weight excluding hydrogens is 379 g/mol. The Balaban J connectivity index is 2.26. The second kappa shape index (κ2) is 8.68. The number of rotatable bonds is 7. The molecule has 0 spiro atoms. The van der Waals surface area contributed by atoms with Gasteiger partial charge in [-0.25, -0.2) is 4.39 Å². The highest BCUT2D eigenvalue weighted by Gasteiger charge is 2.18. The van der Waals surface area contributed by atoms with E-state index in [0.29, 0.717) is 10.2 Å². The molecule has 0 aliphatic carbocycles. The van der Waals surface area contributed by atoms with Gasteiger partial charge in [-0.3, -0.25) is 9.59 Å². The van der Waals surface area contributed by atoms with Gasteiger partial charge in [0.15, 0.2) is 5.78 Å². The maximum Gasteiger partial charge on any atom is 0.238 e. The van der Waals surface area contributed by atoms with Gasteiger partial charge in [0.05, 0.1) is 24.4 Å². The molecule has 5 nitrogen and oxygen atoms in total. The van der Waals surface area contributed by atoms with Gasteiger partial charge < -0.3 is 15.7 Å². The number of halogens is 2. The first-order valence-corrected chi connectivity index (χ1v) is 8.02. The van der Waals surface area contributed by atoms with Crippen LogP contribution in [0.2, 0.25) is 0 Å². The van der Waals surface area contributed by atoms with Crippen LogP contribution in [0, 0.1) is 5.82 Å². The molecule has 0 heterocycles. The summed E-state index contributed by atoms with van der Waals surface area (Å²) in [6.07, 6.45) is 0. The van der Waals surface area contributed by atoms with Gasteiger partial charge in [-0.2, -0.15) is 0 Å². The number of aliphatic hydroxyl groups is 1.